The second-order valence-corrected chi connectivity index (χ2v) is 4.99. The molecule has 3 rings (SSSR count). The largest absolute Gasteiger partial charge is 0.489 e. The van der Waals surface area contributed by atoms with Gasteiger partial charge in [0, 0.05) is 11.9 Å². The predicted molar refractivity (Wildman–Crippen MR) is 88.6 cm³/mol. The van der Waals surface area contributed by atoms with Gasteiger partial charge in [-0.2, -0.15) is 10.5 Å². The van der Waals surface area contributed by atoms with E-state index in [-0.39, 0.29) is 17.2 Å². The number of hydrogen-bond donors (Lipinski definition) is 2. The molecule has 0 bridgehead atoms. The summed E-state index contributed by atoms with van der Waals surface area (Å²) in [7, 11) is 0. The van der Waals surface area contributed by atoms with E-state index in [0.717, 1.165) is 11.3 Å². The average Bonchev–Trinajstić information content (AvgIpc) is 3.17. The minimum absolute atomic E-state index is 0.217. The number of allylic oxidation sites excluding steroid dienone is 1. The van der Waals surface area contributed by atoms with Crippen LogP contribution in [0.2, 0.25) is 0 Å². The minimum Gasteiger partial charge on any atom is -0.489 e. The van der Waals surface area contributed by atoms with E-state index in [2.05, 4.69) is 25.9 Å². The molecule has 7 nitrogen and oxygen atoms in total. The van der Waals surface area contributed by atoms with Crippen LogP contribution >= 0.6 is 0 Å². The van der Waals surface area contributed by atoms with Gasteiger partial charge in [-0.1, -0.05) is 12.1 Å². The first-order valence-corrected chi connectivity index (χ1v) is 7.32. The van der Waals surface area contributed by atoms with Crippen molar-refractivity contribution in [2.24, 2.45) is 0 Å². The van der Waals surface area contributed by atoms with E-state index in [0.29, 0.717) is 12.4 Å². The van der Waals surface area contributed by atoms with Crippen LogP contribution in [-0.2, 0) is 6.61 Å². The highest BCUT2D eigenvalue weighted by Crippen LogP contribution is 2.18. The number of benzene rings is 2. The molecule has 0 aliphatic rings. The van der Waals surface area contributed by atoms with Crippen LogP contribution in [0.25, 0.3) is 5.57 Å². The van der Waals surface area contributed by atoms with E-state index < -0.39 is 0 Å². The fourth-order valence-electron chi connectivity index (χ4n) is 1.97. The Morgan fingerprint density at radius 1 is 1.20 bits per heavy atom. The van der Waals surface area contributed by atoms with Gasteiger partial charge < -0.3 is 10.1 Å². The van der Waals surface area contributed by atoms with E-state index >= 15 is 0 Å². The highest BCUT2D eigenvalue weighted by atomic mass is 19.1. The van der Waals surface area contributed by atoms with Gasteiger partial charge >= 0.3 is 0 Å². The van der Waals surface area contributed by atoms with Crippen LogP contribution < -0.4 is 10.1 Å². The van der Waals surface area contributed by atoms with E-state index in [1.807, 2.05) is 18.2 Å². The number of hydrogen-bond acceptors (Lipinski definition) is 6. The summed E-state index contributed by atoms with van der Waals surface area (Å²) in [6, 6.07) is 15.3. The van der Waals surface area contributed by atoms with Crippen molar-refractivity contribution in [3.05, 3.63) is 71.9 Å². The fraction of sp³-hybridized carbons (Fsp3) is 0.0588. The molecule has 0 radical (unpaired) electrons. The summed E-state index contributed by atoms with van der Waals surface area (Å²) >= 11 is 0. The third-order valence-corrected chi connectivity index (χ3v) is 3.26. The van der Waals surface area contributed by atoms with Gasteiger partial charge in [0.25, 0.3) is 0 Å². The zero-order chi connectivity index (χ0) is 17.5. The molecule has 124 valence electrons. The number of rotatable bonds is 6. The molecular weight excluding hydrogens is 323 g/mol. The molecule has 1 aromatic heterocycles. The normalized spacial score (nSPS) is 11.0. The van der Waals surface area contributed by atoms with Gasteiger partial charge in [0.05, 0.1) is 0 Å². The number of H-pyrrole nitrogens is 1. The summed E-state index contributed by atoms with van der Waals surface area (Å²) < 4.78 is 18.5. The van der Waals surface area contributed by atoms with Crippen LogP contribution in [0.15, 0.2) is 54.7 Å². The second kappa shape index (κ2) is 7.70. The number of nitrogens with zero attached hydrogens (tertiary/aromatic N) is 4. The number of nitrogens with one attached hydrogen (secondary N) is 2. The Hall–Kier alpha value is -3.73. The number of nitriles is 1. The van der Waals surface area contributed by atoms with E-state index in [1.165, 1.54) is 18.3 Å². The van der Waals surface area contributed by atoms with Crippen molar-refractivity contribution in [1.29, 1.82) is 5.26 Å². The van der Waals surface area contributed by atoms with Gasteiger partial charge in [0.1, 0.15) is 29.8 Å². The molecule has 0 saturated heterocycles. The molecule has 2 aromatic carbocycles. The summed E-state index contributed by atoms with van der Waals surface area (Å²) in [6.07, 6.45) is 1.50. The average molecular weight is 336 g/mol. The van der Waals surface area contributed by atoms with Gasteiger partial charge in [-0.05, 0) is 47.2 Å². The van der Waals surface area contributed by atoms with Crippen molar-refractivity contribution in [2.45, 2.75) is 6.61 Å². The van der Waals surface area contributed by atoms with Crippen LogP contribution in [0.4, 0.5) is 10.1 Å². The van der Waals surface area contributed by atoms with E-state index in [4.69, 9.17) is 10.00 Å². The Balaban J connectivity index is 1.58. The molecule has 0 unspecified atom stereocenters. The SMILES string of the molecule is N#CC(=CNc1ccc(OCc2ccc(F)cc2)cc1)c1nn[nH]n1. The number of ether oxygens (including phenoxy) is 1. The molecule has 25 heavy (non-hydrogen) atoms. The van der Waals surface area contributed by atoms with Crippen LogP contribution in [-0.4, -0.2) is 20.6 Å². The monoisotopic (exact) mass is 336 g/mol. The predicted octanol–water partition coefficient (Wildman–Crippen LogP) is 2.89. The molecule has 3 aromatic rings. The molecule has 0 saturated carbocycles. The fourth-order valence-corrected chi connectivity index (χ4v) is 1.97. The first-order valence-electron chi connectivity index (χ1n) is 7.32. The molecule has 8 heteroatoms. The topological polar surface area (TPSA) is 99.5 Å². The van der Waals surface area contributed by atoms with Crippen molar-refractivity contribution in [3.8, 4) is 11.8 Å². The van der Waals surface area contributed by atoms with Crippen LogP contribution in [0.3, 0.4) is 0 Å². The lowest BCUT2D eigenvalue weighted by molar-refractivity contribution is 0.306. The van der Waals surface area contributed by atoms with Crippen molar-refractivity contribution in [3.63, 3.8) is 0 Å². The standard InChI is InChI=1S/C17H13FN6O/c18-14-3-1-12(2-4-14)11-25-16-7-5-15(6-8-16)20-10-13(9-19)17-21-23-24-22-17/h1-8,10,20H,11H2,(H,21,22,23,24). The number of aromatic nitrogens is 4. The Bertz CT molecular complexity index is 882. The maximum absolute atomic E-state index is 12.9. The summed E-state index contributed by atoms with van der Waals surface area (Å²) in [5, 5.41) is 25.3. The van der Waals surface area contributed by atoms with Gasteiger partial charge in [-0.25, -0.2) is 4.39 Å². The summed E-state index contributed by atoms with van der Waals surface area (Å²) in [5.74, 6) is 0.622. The molecular formula is C17H13FN6O. The molecule has 2 N–H and O–H groups in total. The zero-order valence-corrected chi connectivity index (χ0v) is 13.0. The quantitative estimate of drug-likeness (QED) is 0.672. The minimum atomic E-state index is -0.273. The molecule has 0 atom stereocenters. The van der Waals surface area contributed by atoms with Gasteiger partial charge in [-0.3, -0.25) is 0 Å². The second-order valence-electron chi connectivity index (χ2n) is 4.99. The van der Waals surface area contributed by atoms with E-state index in [1.54, 1.807) is 24.3 Å². The van der Waals surface area contributed by atoms with Crippen LogP contribution in [0, 0.1) is 17.1 Å². The van der Waals surface area contributed by atoms with Gasteiger partial charge in [0.2, 0.25) is 5.82 Å². The van der Waals surface area contributed by atoms with Crippen molar-refractivity contribution >= 4 is 11.3 Å². The lowest BCUT2D eigenvalue weighted by Crippen LogP contribution is -1.96. The van der Waals surface area contributed by atoms with Crippen LogP contribution in [0.5, 0.6) is 5.75 Å². The summed E-state index contributed by atoms with van der Waals surface area (Å²) in [6.45, 7) is 0.351. The molecule has 0 aliphatic heterocycles. The number of halogens is 1. The third-order valence-electron chi connectivity index (χ3n) is 3.26. The maximum atomic E-state index is 12.9. The molecule has 0 fully saturated rings. The Kier molecular flexibility index (Phi) is 4.97. The van der Waals surface area contributed by atoms with E-state index in [9.17, 15) is 4.39 Å². The van der Waals surface area contributed by atoms with Crippen molar-refractivity contribution in [1.82, 2.24) is 20.6 Å². The molecule has 0 spiro atoms. The van der Waals surface area contributed by atoms with Crippen molar-refractivity contribution in [2.75, 3.05) is 5.32 Å². The summed E-state index contributed by atoms with van der Waals surface area (Å²) in [5.41, 5.74) is 1.90. The smallest absolute Gasteiger partial charge is 0.216 e. The number of anilines is 1. The molecule has 1 heterocycles. The number of aromatic amines is 1. The highest BCUT2D eigenvalue weighted by molar-refractivity contribution is 5.74. The third kappa shape index (κ3) is 4.39. The Morgan fingerprint density at radius 2 is 1.96 bits per heavy atom. The van der Waals surface area contributed by atoms with Gasteiger partial charge in [-0.15, -0.1) is 10.2 Å². The van der Waals surface area contributed by atoms with Crippen LogP contribution in [0.1, 0.15) is 11.4 Å². The van der Waals surface area contributed by atoms with Crippen molar-refractivity contribution < 1.29 is 9.13 Å². The Morgan fingerprint density at radius 3 is 2.60 bits per heavy atom. The first kappa shape index (κ1) is 16.1. The Labute approximate surface area is 142 Å². The first-order chi connectivity index (χ1) is 12.2. The highest BCUT2D eigenvalue weighted by Gasteiger charge is 2.05. The van der Waals surface area contributed by atoms with Gasteiger partial charge in [0.15, 0.2) is 0 Å². The lowest BCUT2D eigenvalue weighted by atomic mass is 10.2. The molecule has 0 aliphatic carbocycles. The zero-order valence-electron chi connectivity index (χ0n) is 13.0. The molecule has 0 amide bonds. The number of tetrazole rings is 1. The lowest BCUT2D eigenvalue weighted by Gasteiger charge is -2.07. The summed E-state index contributed by atoms with van der Waals surface area (Å²) in [4.78, 5) is 0. The maximum Gasteiger partial charge on any atom is 0.216 e.